The Labute approximate surface area is 150 Å². The molecule has 0 fully saturated rings. The van der Waals surface area contributed by atoms with Crippen molar-refractivity contribution >= 4 is 23.1 Å². The summed E-state index contributed by atoms with van der Waals surface area (Å²) in [5.74, 6) is 0.0708. The Morgan fingerprint density at radius 2 is 1.88 bits per heavy atom. The lowest BCUT2D eigenvalue weighted by Gasteiger charge is -2.29. The highest BCUT2D eigenvalue weighted by Crippen LogP contribution is 2.35. The number of fused-ring (bicyclic) bond motifs is 1. The SMILES string of the molecule is Cc1ccc(C(=O)CCC(=O)N2CCOc3ccc([N+](=O)[O-])cc32)cc1. The number of hydrogen-bond donors (Lipinski definition) is 0. The number of carbonyl (C=O) groups is 2. The number of Topliss-reactive ketones (excluding diaryl/α,β-unsaturated/α-hetero) is 1. The molecule has 2 aromatic carbocycles. The summed E-state index contributed by atoms with van der Waals surface area (Å²) in [6, 6.07) is 11.4. The molecule has 0 aliphatic carbocycles. The van der Waals surface area contributed by atoms with Gasteiger partial charge in [0.25, 0.3) is 5.69 Å². The van der Waals surface area contributed by atoms with Gasteiger partial charge in [0.05, 0.1) is 17.2 Å². The van der Waals surface area contributed by atoms with Gasteiger partial charge in [-0.25, -0.2) is 0 Å². The maximum Gasteiger partial charge on any atom is 0.271 e. The second-order valence-corrected chi connectivity index (χ2v) is 6.09. The third-order valence-electron chi connectivity index (χ3n) is 4.26. The van der Waals surface area contributed by atoms with Gasteiger partial charge in [0, 0.05) is 30.5 Å². The van der Waals surface area contributed by atoms with E-state index in [1.807, 2.05) is 19.1 Å². The van der Waals surface area contributed by atoms with Crippen molar-refractivity contribution in [3.05, 3.63) is 63.7 Å². The fourth-order valence-corrected chi connectivity index (χ4v) is 2.82. The van der Waals surface area contributed by atoms with Gasteiger partial charge in [0.15, 0.2) is 5.78 Å². The van der Waals surface area contributed by atoms with Gasteiger partial charge < -0.3 is 9.64 Å². The largest absolute Gasteiger partial charge is 0.490 e. The first kappa shape index (κ1) is 17.6. The maximum absolute atomic E-state index is 12.6. The maximum atomic E-state index is 12.6. The Morgan fingerprint density at radius 3 is 2.58 bits per heavy atom. The number of non-ortho nitro benzene ring substituents is 1. The van der Waals surface area contributed by atoms with E-state index in [2.05, 4.69) is 0 Å². The minimum absolute atomic E-state index is 0.0365. The number of carbonyl (C=O) groups excluding carboxylic acids is 2. The van der Waals surface area contributed by atoms with Gasteiger partial charge >= 0.3 is 0 Å². The Balaban J connectivity index is 1.71. The number of ether oxygens (including phenoxy) is 1. The van der Waals surface area contributed by atoms with E-state index < -0.39 is 4.92 Å². The summed E-state index contributed by atoms with van der Waals surface area (Å²) in [7, 11) is 0. The van der Waals surface area contributed by atoms with Gasteiger partial charge in [-0.2, -0.15) is 0 Å². The normalized spacial score (nSPS) is 12.9. The van der Waals surface area contributed by atoms with Gasteiger partial charge in [-0.15, -0.1) is 0 Å². The fourth-order valence-electron chi connectivity index (χ4n) is 2.82. The number of amides is 1. The molecule has 0 spiro atoms. The van der Waals surface area contributed by atoms with E-state index in [0.717, 1.165) is 5.56 Å². The van der Waals surface area contributed by atoms with Gasteiger partial charge in [-0.05, 0) is 13.0 Å². The van der Waals surface area contributed by atoms with Crippen LogP contribution in [0.25, 0.3) is 0 Å². The Hall–Kier alpha value is -3.22. The second-order valence-electron chi connectivity index (χ2n) is 6.09. The number of anilines is 1. The van der Waals surface area contributed by atoms with E-state index >= 15 is 0 Å². The summed E-state index contributed by atoms with van der Waals surface area (Å²) in [6.45, 7) is 2.54. The molecule has 0 aromatic heterocycles. The first-order valence-electron chi connectivity index (χ1n) is 8.27. The highest BCUT2D eigenvalue weighted by Gasteiger charge is 2.26. The summed E-state index contributed by atoms with van der Waals surface area (Å²) < 4.78 is 5.46. The molecule has 1 aliphatic heterocycles. The number of nitrogens with zero attached hydrogens (tertiary/aromatic N) is 2. The molecule has 1 heterocycles. The van der Waals surface area contributed by atoms with Crippen LogP contribution in [0, 0.1) is 17.0 Å². The van der Waals surface area contributed by atoms with Crippen molar-refractivity contribution in [1.82, 2.24) is 0 Å². The van der Waals surface area contributed by atoms with Crippen LogP contribution in [0.5, 0.6) is 5.75 Å². The van der Waals surface area contributed by atoms with E-state index in [4.69, 9.17) is 4.74 Å². The molecule has 7 nitrogen and oxygen atoms in total. The minimum Gasteiger partial charge on any atom is -0.490 e. The topological polar surface area (TPSA) is 89.8 Å². The standard InChI is InChI=1S/C19H18N2O5/c1-13-2-4-14(5-3-13)17(22)7-9-19(23)20-10-11-26-18-8-6-15(21(24)25)12-16(18)20/h2-6,8,12H,7,9-11H2,1H3. The Kier molecular flexibility index (Phi) is 4.97. The van der Waals surface area contributed by atoms with Crippen molar-refractivity contribution in [2.45, 2.75) is 19.8 Å². The third-order valence-corrected chi connectivity index (χ3v) is 4.26. The zero-order valence-electron chi connectivity index (χ0n) is 14.3. The van der Waals surface area contributed by atoms with Crippen LogP contribution in [-0.4, -0.2) is 29.8 Å². The summed E-state index contributed by atoms with van der Waals surface area (Å²) in [5, 5.41) is 11.0. The van der Waals surface area contributed by atoms with E-state index in [0.29, 0.717) is 30.2 Å². The number of rotatable bonds is 5. The molecule has 0 saturated heterocycles. The van der Waals surface area contributed by atoms with Crippen LogP contribution >= 0.6 is 0 Å². The van der Waals surface area contributed by atoms with Crippen molar-refractivity contribution in [2.24, 2.45) is 0 Å². The molecule has 0 radical (unpaired) electrons. The Morgan fingerprint density at radius 1 is 1.15 bits per heavy atom. The van der Waals surface area contributed by atoms with Crippen molar-refractivity contribution in [3.63, 3.8) is 0 Å². The molecule has 1 aliphatic rings. The molecule has 7 heteroatoms. The molecule has 0 saturated carbocycles. The van der Waals surface area contributed by atoms with Crippen molar-refractivity contribution in [3.8, 4) is 5.75 Å². The molecule has 1 amide bonds. The van der Waals surface area contributed by atoms with Crippen molar-refractivity contribution < 1.29 is 19.2 Å². The monoisotopic (exact) mass is 354 g/mol. The molecule has 0 bridgehead atoms. The summed E-state index contributed by atoms with van der Waals surface area (Å²) >= 11 is 0. The Bertz CT molecular complexity index is 861. The first-order valence-corrected chi connectivity index (χ1v) is 8.27. The zero-order chi connectivity index (χ0) is 18.7. The van der Waals surface area contributed by atoms with Crippen LogP contribution in [0.15, 0.2) is 42.5 Å². The molecule has 26 heavy (non-hydrogen) atoms. The highest BCUT2D eigenvalue weighted by atomic mass is 16.6. The van der Waals surface area contributed by atoms with Gasteiger partial charge in [-0.1, -0.05) is 29.8 Å². The quantitative estimate of drug-likeness (QED) is 0.467. The third kappa shape index (κ3) is 3.72. The van der Waals surface area contributed by atoms with Gasteiger partial charge in [0.1, 0.15) is 12.4 Å². The van der Waals surface area contributed by atoms with Crippen LogP contribution in [0.4, 0.5) is 11.4 Å². The predicted molar refractivity (Wildman–Crippen MR) is 95.7 cm³/mol. The highest BCUT2D eigenvalue weighted by molar-refractivity contribution is 6.01. The lowest BCUT2D eigenvalue weighted by molar-refractivity contribution is -0.384. The number of aryl methyl sites for hydroxylation is 1. The van der Waals surface area contributed by atoms with Crippen LogP contribution < -0.4 is 9.64 Å². The van der Waals surface area contributed by atoms with Crippen LogP contribution in [0.1, 0.15) is 28.8 Å². The average Bonchev–Trinajstić information content (AvgIpc) is 2.65. The van der Waals surface area contributed by atoms with E-state index in [-0.39, 0.29) is 30.2 Å². The number of nitro benzene ring substituents is 1. The lowest BCUT2D eigenvalue weighted by atomic mass is 10.0. The lowest BCUT2D eigenvalue weighted by Crippen LogP contribution is -2.38. The molecular weight excluding hydrogens is 336 g/mol. The summed E-state index contributed by atoms with van der Waals surface area (Å²) in [4.78, 5) is 36.7. The molecular formula is C19H18N2O5. The first-order chi connectivity index (χ1) is 12.5. The van der Waals surface area contributed by atoms with Crippen LogP contribution in [0.3, 0.4) is 0 Å². The van der Waals surface area contributed by atoms with Gasteiger partial charge in [-0.3, -0.25) is 19.7 Å². The molecule has 0 atom stereocenters. The minimum atomic E-state index is -0.515. The molecule has 0 N–H and O–H groups in total. The van der Waals surface area contributed by atoms with E-state index in [1.165, 1.54) is 23.1 Å². The summed E-state index contributed by atoms with van der Waals surface area (Å²) in [6.07, 6.45) is 0.123. The fraction of sp³-hybridized carbons (Fsp3) is 0.263. The predicted octanol–water partition coefficient (Wildman–Crippen LogP) is 3.29. The van der Waals surface area contributed by atoms with Crippen molar-refractivity contribution in [1.29, 1.82) is 0 Å². The van der Waals surface area contributed by atoms with Crippen LogP contribution in [0.2, 0.25) is 0 Å². The average molecular weight is 354 g/mol. The smallest absolute Gasteiger partial charge is 0.271 e. The van der Waals surface area contributed by atoms with E-state index in [1.54, 1.807) is 12.1 Å². The number of hydrogen-bond acceptors (Lipinski definition) is 5. The molecule has 0 unspecified atom stereocenters. The zero-order valence-corrected chi connectivity index (χ0v) is 14.3. The number of ketones is 1. The number of nitro groups is 1. The van der Waals surface area contributed by atoms with Crippen LogP contribution in [-0.2, 0) is 4.79 Å². The molecule has 3 rings (SSSR count). The molecule has 2 aromatic rings. The van der Waals surface area contributed by atoms with Crippen molar-refractivity contribution in [2.75, 3.05) is 18.1 Å². The second kappa shape index (κ2) is 7.35. The van der Waals surface area contributed by atoms with E-state index in [9.17, 15) is 19.7 Å². The summed E-state index contributed by atoms with van der Waals surface area (Å²) in [5.41, 5.74) is 1.89. The molecule has 134 valence electrons. The number of benzene rings is 2. The van der Waals surface area contributed by atoms with Gasteiger partial charge in [0.2, 0.25) is 5.91 Å².